The van der Waals surface area contributed by atoms with Crippen LogP contribution in [0.4, 0.5) is 0 Å². The van der Waals surface area contributed by atoms with E-state index in [-0.39, 0.29) is 16.9 Å². The van der Waals surface area contributed by atoms with Gasteiger partial charge in [-0.1, -0.05) is 46.8 Å². The Morgan fingerprint density at radius 2 is 1.58 bits per heavy atom. The topological polar surface area (TPSA) is 52.8 Å². The van der Waals surface area contributed by atoms with Crippen LogP contribution in [0.25, 0.3) is 0 Å². The van der Waals surface area contributed by atoms with Crippen molar-refractivity contribution in [3.8, 4) is 0 Å². The van der Waals surface area contributed by atoms with Crippen molar-refractivity contribution in [3.63, 3.8) is 0 Å². The second-order valence-electron chi connectivity index (χ2n) is 14.5. The van der Waals surface area contributed by atoms with Gasteiger partial charge in [0, 0.05) is 5.41 Å². The van der Waals surface area contributed by atoms with Crippen LogP contribution in [0.2, 0.25) is 0 Å². The predicted molar refractivity (Wildman–Crippen MR) is 135 cm³/mol. The summed E-state index contributed by atoms with van der Waals surface area (Å²) in [6, 6.07) is 0. The molecule has 0 heterocycles. The molecule has 33 heavy (non-hydrogen) atoms. The van der Waals surface area contributed by atoms with E-state index in [1.165, 1.54) is 50.5 Å². The third kappa shape index (κ3) is 2.87. The Balaban J connectivity index is 1.56. The summed E-state index contributed by atoms with van der Waals surface area (Å²) in [5, 5.41) is 24.2. The number of hydrogen-bond acceptors (Lipinski definition) is 3. The molecule has 5 aliphatic carbocycles. The number of aliphatic hydroxyl groups excluding tert-OH is 1. The fourth-order valence-corrected chi connectivity index (χ4v) is 11.5. The number of aliphatic hydroxyl groups is 1. The number of rotatable bonds is 2. The van der Waals surface area contributed by atoms with E-state index in [0.717, 1.165) is 25.2 Å². The summed E-state index contributed by atoms with van der Waals surface area (Å²) in [6.45, 7) is 19.3. The fraction of sp³-hybridized carbons (Fsp3) is 0.900. The van der Waals surface area contributed by atoms with Crippen molar-refractivity contribution in [1.29, 1.82) is 0 Å². The molecule has 5 fully saturated rings. The molecule has 0 aromatic rings. The zero-order valence-corrected chi connectivity index (χ0v) is 22.2. The normalized spacial score (nSPS) is 55.4. The van der Waals surface area contributed by atoms with Crippen molar-refractivity contribution in [1.82, 2.24) is 0 Å². The molecule has 3 nitrogen and oxygen atoms in total. The van der Waals surface area contributed by atoms with Gasteiger partial charge in [0.05, 0.1) is 12.3 Å². The summed E-state index contributed by atoms with van der Waals surface area (Å²) < 4.78 is 0. The molecule has 0 aliphatic heterocycles. The van der Waals surface area contributed by atoms with Crippen LogP contribution in [0.15, 0.2) is 17.3 Å². The van der Waals surface area contributed by atoms with Crippen molar-refractivity contribution >= 4 is 6.21 Å². The quantitative estimate of drug-likeness (QED) is 0.196. The minimum atomic E-state index is -0.158. The van der Waals surface area contributed by atoms with Gasteiger partial charge in [0.25, 0.3) is 0 Å². The lowest BCUT2D eigenvalue weighted by atomic mass is 9.32. The maximum atomic E-state index is 10.9. The molecule has 5 aliphatic rings. The Morgan fingerprint density at radius 1 is 0.848 bits per heavy atom. The minimum absolute atomic E-state index is 0.0158. The molecule has 0 aromatic carbocycles. The molecule has 10 atom stereocenters. The first-order valence-electron chi connectivity index (χ1n) is 13.9. The van der Waals surface area contributed by atoms with Crippen LogP contribution in [0.3, 0.4) is 0 Å². The van der Waals surface area contributed by atoms with Gasteiger partial charge in [-0.2, -0.15) is 0 Å². The Labute approximate surface area is 202 Å². The molecule has 0 aromatic heterocycles. The molecule has 5 rings (SSSR count). The van der Waals surface area contributed by atoms with Crippen molar-refractivity contribution in [2.75, 3.05) is 0 Å². The van der Waals surface area contributed by atoms with Gasteiger partial charge in [0.15, 0.2) is 0 Å². The van der Waals surface area contributed by atoms with Crippen LogP contribution in [-0.2, 0) is 0 Å². The van der Waals surface area contributed by atoms with E-state index in [1.807, 2.05) is 6.21 Å². The Kier molecular flexibility index (Phi) is 5.31. The maximum Gasteiger partial charge on any atom is 0.0594 e. The lowest BCUT2D eigenvalue weighted by molar-refractivity contribution is -0.243. The highest BCUT2D eigenvalue weighted by atomic mass is 16.4. The predicted octanol–water partition coefficient (Wildman–Crippen LogP) is 7.46. The van der Waals surface area contributed by atoms with E-state index in [1.54, 1.807) is 0 Å². The van der Waals surface area contributed by atoms with Gasteiger partial charge in [0.2, 0.25) is 0 Å². The minimum Gasteiger partial charge on any atom is -0.411 e. The zero-order valence-electron chi connectivity index (χ0n) is 22.2. The Bertz CT molecular complexity index is 848. The lowest BCUT2D eigenvalue weighted by Gasteiger charge is -2.72. The fourth-order valence-electron chi connectivity index (χ4n) is 11.5. The number of fused-ring (bicyclic) bond motifs is 7. The third-order valence-corrected chi connectivity index (χ3v) is 13.4. The van der Waals surface area contributed by atoms with E-state index in [2.05, 4.69) is 53.3 Å². The van der Waals surface area contributed by atoms with Gasteiger partial charge in [-0.15, -0.1) is 5.16 Å². The number of allylic oxidation sites excluding steroid dienone is 1. The van der Waals surface area contributed by atoms with Crippen molar-refractivity contribution in [3.05, 3.63) is 12.2 Å². The van der Waals surface area contributed by atoms with E-state index in [0.29, 0.717) is 39.9 Å². The molecule has 3 heteroatoms. The maximum absolute atomic E-state index is 10.9. The largest absolute Gasteiger partial charge is 0.411 e. The first-order chi connectivity index (χ1) is 15.4. The van der Waals surface area contributed by atoms with Crippen LogP contribution < -0.4 is 0 Å². The average Bonchev–Trinajstić information content (AvgIpc) is 3.12. The average molecular weight is 456 g/mol. The Morgan fingerprint density at radius 3 is 2.24 bits per heavy atom. The zero-order chi connectivity index (χ0) is 24.0. The van der Waals surface area contributed by atoms with Gasteiger partial charge in [-0.3, -0.25) is 0 Å². The monoisotopic (exact) mass is 455 g/mol. The van der Waals surface area contributed by atoms with Crippen LogP contribution in [0.1, 0.15) is 106 Å². The van der Waals surface area contributed by atoms with Crippen molar-refractivity contribution in [2.45, 2.75) is 112 Å². The molecular weight excluding hydrogens is 406 g/mol. The third-order valence-electron chi connectivity index (χ3n) is 13.4. The molecule has 0 bridgehead atoms. The summed E-state index contributed by atoms with van der Waals surface area (Å²) >= 11 is 0. The van der Waals surface area contributed by atoms with Crippen LogP contribution in [0, 0.1) is 56.7 Å². The summed E-state index contributed by atoms with van der Waals surface area (Å²) in [7, 11) is 0. The second kappa shape index (κ2) is 7.34. The first-order valence-corrected chi connectivity index (χ1v) is 13.9. The molecule has 5 saturated carbocycles. The molecule has 6 unspecified atom stereocenters. The summed E-state index contributed by atoms with van der Waals surface area (Å²) in [5.74, 6) is 3.16. The van der Waals surface area contributed by atoms with Gasteiger partial charge in [-0.05, 0) is 122 Å². The number of nitrogens with zero attached hydrogens (tertiary/aromatic N) is 1. The van der Waals surface area contributed by atoms with Gasteiger partial charge >= 0.3 is 0 Å². The summed E-state index contributed by atoms with van der Waals surface area (Å²) in [6.07, 6.45) is 13.9. The van der Waals surface area contributed by atoms with Crippen LogP contribution in [-0.4, -0.2) is 22.6 Å². The van der Waals surface area contributed by atoms with Crippen molar-refractivity contribution < 1.29 is 10.3 Å². The van der Waals surface area contributed by atoms with E-state index in [4.69, 9.17) is 0 Å². The Hall–Kier alpha value is -0.830. The summed E-state index contributed by atoms with van der Waals surface area (Å²) in [5.41, 5.74) is 2.40. The SMILES string of the molecule is C=C(C)[C@@H]1CCC2(/C=N/O)CC[C@]3(C)C(CCC4[C@@]5(C)CCC(O)C(C)(C)C5CC[C@]43C)C12. The number of oxime groups is 1. The molecule has 2 N–H and O–H groups in total. The van der Waals surface area contributed by atoms with Crippen molar-refractivity contribution in [2.24, 2.45) is 61.8 Å². The van der Waals surface area contributed by atoms with E-state index < -0.39 is 0 Å². The molecule has 0 spiro atoms. The molecule has 0 saturated heterocycles. The van der Waals surface area contributed by atoms with E-state index >= 15 is 0 Å². The standard InChI is InChI=1S/C30H49NO2/c1-19(2)20-10-15-30(18-31-33)17-16-28(6)21(25(20)30)8-9-23-27(5)13-12-24(32)26(3,4)22(27)11-14-29(23,28)7/h18,20-25,32-33H,1,8-17H2,2-7H3/b31-18+/t20-,21?,22?,23?,24?,25?,27-,28+,29+,30?/m0/s1. The first kappa shape index (κ1) is 23.9. The van der Waals surface area contributed by atoms with Crippen LogP contribution >= 0.6 is 0 Å². The smallest absolute Gasteiger partial charge is 0.0594 e. The number of hydrogen-bond donors (Lipinski definition) is 2. The van der Waals surface area contributed by atoms with Crippen LogP contribution in [0.5, 0.6) is 0 Å². The highest BCUT2D eigenvalue weighted by Crippen LogP contribution is 2.77. The van der Waals surface area contributed by atoms with E-state index in [9.17, 15) is 10.3 Å². The van der Waals surface area contributed by atoms with Gasteiger partial charge < -0.3 is 10.3 Å². The molecular formula is C30H49NO2. The second-order valence-corrected chi connectivity index (χ2v) is 14.5. The molecule has 0 amide bonds. The highest BCUT2D eigenvalue weighted by molar-refractivity contribution is 5.67. The lowest BCUT2D eigenvalue weighted by Crippen LogP contribution is -2.66. The molecule has 186 valence electrons. The van der Waals surface area contributed by atoms with Gasteiger partial charge in [-0.25, -0.2) is 0 Å². The highest BCUT2D eigenvalue weighted by Gasteiger charge is 2.70. The van der Waals surface area contributed by atoms with Gasteiger partial charge in [0.1, 0.15) is 0 Å². The summed E-state index contributed by atoms with van der Waals surface area (Å²) in [4.78, 5) is 0. The molecule has 0 radical (unpaired) electrons.